The zero-order valence-corrected chi connectivity index (χ0v) is 15.3. The normalized spacial score (nSPS) is 15.6. The Morgan fingerprint density at radius 2 is 1.92 bits per heavy atom. The van der Waals surface area contributed by atoms with E-state index in [9.17, 15) is 0 Å². The molecule has 0 spiro atoms. The van der Waals surface area contributed by atoms with Gasteiger partial charge in [0.2, 0.25) is 0 Å². The summed E-state index contributed by atoms with van der Waals surface area (Å²) < 4.78 is 5.43. The van der Waals surface area contributed by atoms with Gasteiger partial charge in [-0.1, -0.05) is 28.9 Å². The molecule has 24 heavy (non-hydrogen) atoms. The molecule has 1 saturated carbocycles. The van der Waals surface area contributed by atoms with Crippen LogP contribution in [0.2, 0.25) is 5.02 Å². The van der Waals surface area contributed by atoms with Crippen LogP contribution in [-0.4, -0.2) is 15.1 Å². The third-order valence-corrected chi connectivity index (χ3v) is 5.65. The highest BCUT2D eigenvalue weighted by Crippen LogP contribution is 2.39. The minimum absolute atomic E-state index is 0. The third-order valence-electron chi connectivity index (χ3n) is 4.20. The predicted molar refractivity (Wildman–Crippen MR) is 97.6 cm³/mol. The number of rotatable bonds is 3. The maximum absolute atomic E-state index is 6.25. The van der Waals surface area contributed by atoms with E-state index in [1.54, 1.807) is 0 Å². The highest BCUT2D eigenvalue weighted by molar-refractivity contribution is 7.18. The molecule has 2 N–H and O–H groups in total. The van der Waals surface area contributed by atoms with Gasteiger partial charge in [0.25, 0.3) is 5.89 Å². The SMILES string of the molecule is Cc1nc(-c2ccc(Cl)cc2)sc1-c1nc(C2(N)CCC2)no1.Cl. The summed E-state index contributed by atoms with van der Waals surface area (Å²) in [7, 11) is 0. The van der Waals surface area contributed by atoms with Gasteiger partial charge >= 0.3 is 0 Å². The predicted octanol–water partition coefficient (Wildman–Crippen LogP) is 4.58. The molecule has 1 fully saturated rings. The molecule has 2 heterocycles. The van der Waals surface area contributed by atoms with Gasteiger partial charge in [0.1, 0.15) is 9.88 Å². The molecule has 0 radical (unpaired) electrons. The first-order chi connectivity index (χ1) is 11.0. The van der Waals surface area contributed by atoms with Gasteiger partial charge in [-0.2, -0.15) is 4.98 Å². The van der Waals surface area contributed by atoms with Gasteiger partial charge in [0.05, 0.1) is 11.2 Å². The number of aromatic nitrogens is 3. The van der Waals surface area contributed by atoms with Crippen molar-refractivity contribution in [2.24, 2.45) is 5.73 Å². The van der Waals surface area contributed by atoms with Crippen molar-refractivity contribution in [1.29, 1.82) is 0 Å². The van der Waals surface area contributed by atoms with Crippen LogP contribution in [0, 0.1) is 6.92 Å². The molecule has 1 aromatic carbocycles. The highest BCUT2D eigenvalue weighted by atomic mass is 35.5. The zero-order chi connectivity index (χ0) is 16.0. The Labute approximate surface area is 154 Å². The Hall–Kier alpha value is -1.47. The van der Waals surface area contributed by atoms with Gasteiger partial charge in [-0.05, 0) is 38.3 Å². The lowest BCUT2D eigenvalue weighted by atomic mass is 9.77. The van der Waals surface area contributed by atoms with Crippen LogP contribution >= 0.6 is 35.3 Å². The standard InChI is InChI=1S/C16H15ClN4OS.ClH/c1-9-12(13-20-15(21-22-13)16(18)7-2-8-16)23-14(19-9)10-3-5-11(17)6-4-10;/h3-6H,2,7-8,18H2,1H3;1H. The van der Waals surface area contributed by atoms with Gasteiger partial charge in [-0.25, -0.2) is 4.98 Å². The summed E-state index contributed by atoms with van der Waals surface area (Å²) in [6.45, 7) is 1.94. The first kappa shape index (κ1) is 17.4. The maximum Gasteiger partial charge on any atom is 0.270 e. The topological polar surface area (TPSA) is 77.8 Å². The molecule has 126 valence electrons. The fourth-order valence-corrected chi connectivity index (χ4v) is 3.73. The highest BCUT2D eigenvalue weighted by Gasteiger charge is 2.39. The summed E-state index contributed by atoms with van der Waals surface area (Å²) in [5.41, 5.74) is 7.72. The van der Waals surface area contributed by atoms with E-state index in [1.165, 1.54) is 11.3 Å². The largest absolute Gasteiger partial charge is 0.333 e. The Morgan fingerprint density at radius 1 is 1.21 bits per heavy atom. The molecule has 4 rings (SSSR count). The summed E-state index contributed by atoms with van der Waals surface area (Å²) in [5, 5.41) is 5.68. The van der Waals surface area contributed by atoms with E-state index in [4.69, 9.17) is 21.9 Å². The second kappa shape index (κ2) is 6.44. The summed E-state index contributed by atoms with van der Waals surface area (Å²) in [5.74, 6) is 1.09. The van der Waals surface area contributed by atoms with Crippen LogP contribution in [0.25, 0.3) is 21.3 Å². The Bertz CT molecular complexity index is 855. The van der Waals surface area contributed by atoms with Crippen LogP contribution < -0.4 is 5.73 Å². The van der Waals surface area contributed by atoms with E-state index in [2.05, 4.69) is 15.1 Å². The molecule has 0 aliphatic heterocycles. The number of benzene rings is 1. The van der Waals surface area contributed by atoms with Crippen molar-refractivity contribution < 1.29 is 4.52 Å². The smallest absolute Gasteiger partial charge is 0.270 e. The monoisotopic (exact) mass is 382 g/mol. The molecule has 0 unspecified atom stereocenters. The maximum atomic E-state index is 6.25. The fourth-order valence-electron chi connectivity index (χ4n) is 2.61. The van der Waals surface area contributed by atoms with Gasteiger partial charge < -0.3 is 10.3 Å². The van der Waals surface area contributed by atoms with Crippen LogP contribution in [0.4, 0.5) is 0 Å². The van der Waals surface area contributed by atoms with Gasteiger partial charge in [-0.15, -0.1) is 23.7 Å². The lowest BCUT2D eigenvalue weighted by Gasteiger charge is -2.34. The molecule has 0 saturated heterocycles. The zero-order valence-electron chi connectivity index (χ0n) is 13.0. The molecular weight excluding hydrogens is 367 g/mol. The molecule has 8 heteroatoms. The van der Waals surface area contributed by atoms with Crippen LogP contribution in [0.1, 0.15) is 30.8 Å². The Kier molecular flexibility index (Phi) is 4.66. The second-order valence-corrected chi connectivity index (χ2v) is 7.31. The van der Waals surface area contributed by atoms with Gasteiger partial charge in [0.15, 0.2) is 5.82 Å². The molecule has 0 bridgehead atoms. The first-order valence-corrected chi connectivity index (χ1v) is 8.61. The number of hydrogen-bond acceptors (Lipinski definition) is 6. The second-order valence-electron chi connectivity index (χ2n) is 5.87. The lowest BCUT2D eigenvalue weighted by Crippen LogP contribution is -2.44. The first-order valence-electron chi connectivity index (χ1n) is 7.42. The average molecular weight is 383 g/mol. The van der Waals surface area contributed by atoms with Crippen LogP contribution in [-0.2, 0) is 5.54 Å². The average Bonchev–Trinajstić information content (AvgIpc) is 3.12. The number of aryl methyl sites for hydroxylation is 1. The quantitative estimate of drug-likeness (QED) is 0.716. The lowest BCUT2D eigenvalue weighted by molar-refractivity contribution is 0.229. The Balaban J connectivity index is 0.00000169. The van der Waals surface area contributed by atoms with Crippen molar-refractivity contribution in [2.75, 3.05) is 0 Å². The van der Waals surface area contributed by atoms with Crippen molar-refractivity contribution >= 4 is 35.3 Å². The number of thiazole rings is 1. The summed E-state index contributed by atoms with van der Waals surface area (Å²) in [6.07, 6.45) is 2.92. The fraction of sp³-hybridized carbons (Fsp3) is 0.312. The van der Waals surface area contributed by atoms with Crippen LogP contribution in [0.3, 0.4) is 0 Å². The van der Waals surface area contributed by atoms with Gasteiger partial charge in [0, 0.05) is 10.6 Å². The summed E-state index contributed by atoms with van der Waals surface area (Å²) >= 11 is 7.46. The molecular formula is C16H16Cl2N4OS. The van der Waals surface area contributed by atoms with Gasteiger partial charge in [-0.3, -0.25) is 0 Å². The van der Waals surface area contributed by atoms with E-state index < -0.39 is 5.54 Å². The van der Waals surface area contributed by atoms with E-state index in [1.807, 2.05) is 31.2 Å². The van der Waals surface area contributed by atoms with E-state index in [-0.39, 0.29) is 12.4 Å². The van der Waals surface area contributed by atoms with Crippen molar-refractivity contribution in [3.05, 3.63) is 40.8 Å². The van der Waals surface area contributed by atoms with Crippen molar-refractivity contribution in [3.8, 4) is 21.3 Å². The summed E-state index contributed by atoms with van der Waals surface area (Å²) in [6, 6.07) is 7.61. The number of hydrogen-bond donors (Lipinski definition) is 1. The molecule has 1 aliphatic carbocycles. The number of nitrogens with two attached hydrogens (primary N) is 1. The molecule has 2 aromatic heterocycles. The van der Waals surface area contributed by atoms with Crippen LogP contribution in [0.5, 0.6) is 0 Å². The molecule has 5 nitrogen and oxygen atoms in total. The number of nitrogens with zero attached hydrogens (tertiary/aromatic N) is 3. The molecule has 1 aliphatic rings. The Morgan fingerprint density at radius 3 is 2.54 bits per heavy atom. The van der Waals surface area contributed by atoms with E-state index in [0.717, 1.165) is 40.4 Å². The van der Waals surface area contributed by atoms with E-state index in [0.29, 0.717) is 16.7 Å². The number of halogens is 2. The minimum Gasteiger partial charge on any atom is -0.333 e. The summed E-state index contributed by atoms with van der Waals surface area (Å²) in [4.78, 5) is 10.00. The third kappa shape index (κ3) is 2.95. The van der Waals surface area contributed by atoms with E-state index >= 15 is 0 Å². The molecule has 3 aromatic rings. The van der Waals surface area contributed by atoms with Crippen molar-refractivity contribution in [2.45, 2.75) is 31.7 Å². The van der Waals surface area contributed by atoms with Crippen LogP contribution in [0.15, 0.2) is 28.8 Å². The molecule has 0 atom stereocenters. The van der Waals surface area contributed by atoms with Crippen molar-refractivity contribution in [3.63, 3.8) is 0 Å². The molecule has 0 amide bonds. The van der Waals surface area contributed by atoms with Crippen molar-refractivity contribution in [1.82, 2.24) is 15.1 Å². The minimum atomic E-state index is -0.417.